The molecule has 0 bridgehead atoms. The fourth-order valence-electron chi connectivity index (χ4n) is 4.01. The van der Waals surface area contributed by atoms with Gasteiger partial charge in [-0.1, -0.05) is 33.2 Å². The van der Waals surface area contributed by atoms with Crippen LogP contribution in [0.25, 0.3) is 11.4 Å². The fourth-order valence-corrected chi connectivity index (χ4v) is 4.27. The first-order chi connectivity index (χ1) is 16.5. The van der Waals surface area contributed by atoms with Gasteiger partial charge in [-0.15, -0.1) is 6.58 Å². The number of piperidine rings is 1. The number of carbonyl (C=O) groups is 2. The van der Waals surface area contributed by atoms with Crippen LogP contribution in [0.1, 0.15) is 41.6 Å². The van der Waals surface area contributed by atoms with Crippen LogP contribution in [0.5, 0.6) is 0 Å². The SMILES string of the molecule is C=CCN(CC(=O)N1CCCCC1c1nc(-c2ccc(Br)cc2)no1)C(=O)c1cccc(F)c1. The minimum Gasteiger partial charge on any atom is -0.337 e. The second-order valence-electron chi connectivity index (χ2n) is 8.05. The van der Waals surface area contributed by atoms with Crippen molar-refractivity contribution in [2.75, 3.05) is 19.6 Å². The summed E-state index contributed by atoms with van der Waals surface area (Å²) in [5, 5.41) is 4.10. The van der Waals surface area contributed by atoms with E-state index in [2.05, 4.69) is 32.6 Å². The zero-order valence-electron chi connectivity index (χ0n) is 18.5. The molecule has 1 aromatic heterocycles. The third-order valence-electron chi connectivity index (χ3n) is 5.69. The molecule has 2 amide bonds. The number of rotatable bonds is 7. The number of halogens is 2. The zero-order chi connectivity index (χ0) is 24.1. The molecule has 0 radical (unpaired) electrons. The molecule has 0 saturated carbocycles. The van der Waals surface area contributed by atoms with Crippen LogP contribution in [-0.2, 0) is 4.79 Å². The summed E-state index contributed by atoms with van der Waals surface area (Å²) in [5.41, 5.74) is 0.991. The molecule has 3 aromatic rings. The summed E-state index contributed by atoms with van der Waals surface area (Å²) in [6, 6.07) is 12.6. The Balaban J connectivity index is 1.52. The second kappa shape index (κ2) is 10.7. The summed E-state index contributed by atoms with van der Waals surface area (Å²) < 4.78 is 20.1. The molecule has 2 aromatic carbocycles. The van der Waals surface area contributed by atoms with Crippen LogP contribution in [0.15, 0.2) is 70.2 Å². The van der Waals surface area contributed by atoms with Crippen molar-refractivity contribution in [3.63, 3.8) is 0 Å². The molecule has 176 valence electrons. The van der Waals surface area contributed by atoms with Gasteiger partial charge in [-0.2, -0.15) is 4.98 Å². The number of benzene rings is 2. The normalized spacial score (nSPS) is 15.7. The van der Waals surface area contributed by atoms with Crippen molar-refractivity contribution < 1.29 is 18.5 Å². The molecule has 2 heterocycles. The Bertz CT molecular complexity index is 1180. The zero-order valence-corrected chi connectivity index (χ0v) is 20.1. The maximum Gasteiger partial charge on any atom is 0.254 e. The van der Waals surface area contributed by atoms with Crippen molar-refractivity contribution in [3.05, 3.63) is 82.9 Å². The molecule has 1 fully saturated rings. The van der Waals surface area contributed by atoms with Crippen LogP contribution in [0, 0.1) is 5.82 Å². The largest absolute Gasteiger partial charge is 0.337 e. The Labute approximate surface area is 205 Å². The number of amides is 2. The third-order valence-corrected chi connectivity index (χ3v) is 6.22. The first-order valence-electron chi connectivity index (χ1n) is 11.0. The Morgan fingerprint density at radius 2 is 2.03 bits per heavy atom. The van der Waals surface area contributed by atoms with Crippen LogP contribution in [0.2, 0.25) is 0 Å². The first-order valence-corrected chi connectivity index (χ1v) is 11.8. The second-order valence-corrected chi connectivity index (χ2v) is 8.96. The van der Waals surface area contributed by atoms with E-state index < -0.39 is 11.7 Å². The van der Waals surface area contributed by atoms with E-state index in [0.717, 1.165) is 28.9 Å². The number of hydrogen-bond donors (Lipinski definition) is 0. The standard InChI is InChI=1S/C25H24BrFN4O3/c1-2-13-30(25(33)18-6-5-7-20(27)15-18)16-22(32)31-14-4-3-8-21(31)24-28-23(29-34-24)17-9-11-19(26)12-10-17/h2,5-7,9-12,15,21H,1,3-4,8,13-14,16H2. The minimum atomic E-state index is -0.509. The average Bonchev–Trinajstić information content (AvgIpc) is 3.34. The molecule has 34 heavy (non-hydrogen) atoms. The summed E-state index contributed by atoms with van der Waals surface area (Å²) >= 11 is 3.41. The topological polar surface area (TPSA) is 79.5 Å². The molecule has 1 atom stereocenters. The maximum atomic E-state index is 13.6. The molecule has 0 N–H and O–H groups in total. The molecular formula is C25H24BrFN4O3. The molecule has 1 aliphatic rings. The van der Waals surface area contributed by atoms with Crippen molar-refractivity contribution in [2.45, 2.75) is 25.3 Å². The maximum absolute atomic E-state index is 13.6. The molecule has 1 unspecified atom stereocenters. The third kappa shape index (κ3) is 5.41. The lowest BCUT2D eigenvalue weighted by Crippen LogP contribution is -2.46. The van der Waals surface area contributed by atoms with Crippen molar-refractivity contribution in [2.24, 2.45) is 0 Å². The number of likely N-dealkylation sites (tertiary alicyclic amines) is 1. The fraction of sp³-hybridized carbons (Fsp3) is 0.280. The smallest absolute Gasteiger partial charge is 0.254 e. The lowest BCUT2D eigenvalue weighted by Gasteiger charge is -2.35. The van der Waals surface area contributed by atoms with Crippen molar-refractivity contribution in [3.8, 4) is 11.4 Å². The van der Waals surface area contributed by atoms with Gasteiger partial charge in [0, 0.05) is 28.7 Å². The number of nitrogens with zero attached hydrogens (tertiary/aromatic N) is 4. The Hall–Kier alpha value is -3.33. The summed E-state index contributed by atoms with van der Waals surface area (Å²) in [5.74, 6) is -0.353. The van der Waals surface area contributed by atoms with E-state index in [4.69, 9.17) is 4.52 Å². The molecule has 9 heteroatoms. The quantitative estimate of drug-likeness (QED) is 0.404. The summed E-state index contributed by atoms with van der Waals surface area (Å²) in [6.07, 6.45) is 3.99. The van der Waals surface area contributed by atoms with E-state index in [1.54, 1.807) is 11.0 Å². The van der Waals surface area contributed by atoms with Crippen LogP contribution >= 0.6 is 15.9 Å². The summed E-state index contributed by atoms with van der Waals surface area (Å²) in [7, 11) is 0. The van der Waals surface area contributed by atoms with Gasteiger partial charge >= 0.3 is 0 Å². The molecule has 1 aliphatic heterocycles. The van der Waals surface area contributed by atoms with E-state index in [1.807, 2.05) is 24.3 Å². The number of hydrogen-bond acceptors (Lipinski definition) is 5. The Morgan fingerprint density at radius 1 is 1.24 bits per heavy atom. The monoisotopic (exact) mass is 526 g/mol. The minimum absolute atomic E-state index is 0.161. The van der Waals surface area contributed by atoms with Crippen LogP contribution in [0.3, 0.4) is 0 Å². The van der Waals surface area contributed by atoms with E-state index in [0.29, 0.717) is 24.7 Å². The number of carbonyl (C=O) groups excluding carboxylic acids is 2. The average molecular weight is 527 g/mol. The van der Waals surface area contributed by atoms with Gasteiger partial charge in [-0.05, 0) is 61.7 Å². The highest BCUT2D eigenvalue weighted by atomic mass is 79.9. The predicted molar refractivity (Wildman–Crippen MR) is 128 cm³/mol. The van der Waals surface area contributed by atoms with E-state index >= 15 is 0 Å². The van der Waals surface area contributed by atoms with Gasteiger partial charge in [0.05, 0.1) is 0 Å². The van der Waals surface area contributed by atoms with Crippen molar-refractivity contribution in [1.29, 1.82) is 0 Å². The van der Waals surface area contributed by atoms with Crippen LogP contribution in [-0.4, -0.2) is 51.4 Å². The van der Waals surface area contributed by atoms with Gasteiger partial charge in [0.15, 0.2) is 0 Å². The van der Waals surface area contributed by atoms with Crippen molar-refractivity contribution >= 4 is 27.7 Å². The molecule has 4 rings (SSSR count). The molecule has 7 nitrogen and oxygen atoms in total. The summed E-state index contributed by atoms with van der Waals surface area (Å²) in [4.78, 5) is 33.8. The van der Waals surface area contributed by atoms with E-state index in [9.17, 15) is 14.0 Å². The Morgan fingerprint density at radius 3 is 2.76 bits per heavy atom. The first kappa shape index (κ1) is 23.8. The van der Waals surface area contributed by atoms with Crippen LogP contribution < -0.4 is 0 Å². The van der Waals surface area contributed by atoms with Gasteiger partial charge in [-0.3, -0.25) is 9.59 Å². The van der Waals surface area contributed by atoms with Crippen molar-refractivity contribution in [1.82, 2.24) is 19.9 Å². The highest BCUT2D eigenvalue weighted by Crippen LogP contribution is 2.31. The van der Waals surface area contributed by atoms with Gasteiger partial charge in [0.2, 0.25) is 17.6 Å². The predicted octanol–water partition coefficient (Wildman–Crippen LogP) is 5.02. The van der Waals surface area contributed by atoms with Gasteiger partial charge < -0.3 is 14.3 Å². The van der Waals surface area contributed by atoms with Gasteiger partial charge in [-0.25, -0.2) is 4.39 Å². The summed E-state index contributed by atoms with van der Waals surface area (Å²) in [6.45, 7) is 4.21. The van der Waals surface area contributed by atoms with Gasteiger partial charge in [0.25, 0.3) is 5.91 Å². The van der Waals surface area contributed by atoms with E-state index in [1.165, 1.54) is 23.1 Å². The molecule has 0 spiro atoms. The highest BCUT2D eigenvalue weighted by molar-refractivity contribution is 9.10. The lowest BCUT2D eigenvalue weighted by atomic mass is 10.0. The lowest BCUT2D eigenvalue weighted by molar-refractivity contribution is -0.136. The highest BCUT2D eigenvalue weighted by Gasteiger charge is 2.33. The molecular weight excluding hydrogens is 503 g/mol. The van der Waals surface area contributed by atoms with Gasteiger partial charge in [0.1, 0.15) is 18.4 Å². The number of aromatic nitrogens is 2. The Kier molecular flexibility index (Phi) is 7.52. The molecule has 0 aliphatic carbocycles. The van der Waals surface area contributed by atoms with E-state index in [-0.39, 0.29) is 30.6 Å². The molecule has 1 saturated heterocycles. The van der Waals surface area contributed by atoms with Crippen LogP contribution in [0.4, 0.5) is 4.39 Å².